The zero-order chi connectivity index (χ0) is 15.5. The summed E-state index contributed by atoms with van der Waals surface area (Å²) in [6.45, 7) is 3.68. The molecule has 0 radical (unpaired) electrons. The van der Waals surface area contributed by atoms with Crippen LogP contribution < -0.4 is 5.32 Å². The Bertz CT molecular complexity index is 661. The molecule has 1 aliphatic heterocycles. The number of carbonyl (C=O) groups excluding carboxylic acids is 2. The van der Waals surface area contributed by atoms with E-state index in [0.29, 0.717) is 32.5 Å². The third-order valence-electron chi connectivity index (χ3n) is 4.06. The molecule has 6 heteroatoms. The molecule has 2 aromatic heterocycles. The molecule has 0 spiro atoms. The van der Waals surface area contributed by atoms with Gasteiger partial charge in [-0.25, -0.2) is 4.98 Å². The molecular formula is C16H20N4O2. The third kappa shape index (κ3) is 2.95. The van der Waals surface area contributed by atoms with Crippen LogP contribution in [0.4, 0.5) is 0 Å². The van der Waals surface area contributed by atoms with Crippen molar-refractivity contribution in [3.8, 4) is 0 Å². The fourth-order valence-electron chi connectivity index (χ4n) is 2.82. The van der Waals surface area contributed by atoms with Crippen LogP contribution in [0.3, 0.4) is 0 Å². The zero-order valence-electron chi connectivity index (χ0n) is 12.7. The molecule has 0 saturated carbocycles. The Morgan fingerprint density at radius 3 is 3.05 bits per heavy atom. The number of aromatic nitrogens is 2. The number of hydrogen-bond acceptors (Lipinski definition) is 3. The van der Waals surface area contributed by atoms with E-state index in [4.69, 9.17) is 0 Å². The molecule has 3 heterocycles. The number of fused-ring (bicyclic) bond motifs is 1. The molecule has 1 fully saturated rings. The molecule has 6 nitrogen and oxygen atoms in total. The number of nitrogens with one attached hydrogen (secondary N) is 1. The molecule has 0 bridgehead atoms. The summed E-state index contributed by atoms with van der Waals surface area (Å²) in [5.74, 6) is -0.176. The van der Waals surface area contributed by atoms with Gasteiger partial charge in [-0.2, -0.15) is 0 Å². The summed E-state index contributed by atoms with van der Waals surface area (Å²) in [7, 11) is 0. The van der Waals surface area contributed by atoms with Gasteiger partial charge in [0.05, 0.1) is 11.6 Å². The monoisotopic (exact) mass is 300 g/mol. The molecule has 22 heavy (non-hydrogen) atoms. The summed E-state index contributed by atoms with van der Waals surface area (Å²) in [6.07, 6.45) is 4.94. The first-order valence-corrected chi connectivity index (χ1v) is 7.65. The number of pyridine rings is 1. The average Bonchev–Trinajstić information content (AvgIpc) is 3.09. The van der Waals surface area contributed by atoms with E-state index < -0.39 is 0 Å². The summed E-state index contributed by atoms with van der Waals surface area (Å²) in [5, 5.41) is 2.92. The lowest BCUT2D eigenvalue weighted by molar-refractivity contribution is -0.128. The number of likely N-dealkylation sites (tertiary alicyclic amines) is 1. The molecule has 1 atom stereocenters. The number of nitrogens with zero attached hydrogens (tertiary/aromatic N) is 3. The highest BCUT2D eigenvalue weighted by Gasteiger charge is 2.32. The largest absolute Gasteiger partial charge is 0.355 e. The number of rotatable bonds is 5. The van der Waals surface area contributed by atoms with Crippen molar-refractivity contribution in [1.82, 2.24) is 19.6 Å². The molecule has 2 amide bonds. The van der Waals surface area contributed by atoms with Gasteiger partial charge in [0.1, 0.15) is 5.65 Å². The van der Waals surface area contributed by atoms with Crippen molar-refractivity contribution >= 4 is 17.5 Å². The Kier molecular flexibility index (Phi) is 4.09. The fraction of sp³-hybridized carbons (Fsp3) is 0.438. The number of amides is 2. The van der Waals surface area contributed by atoms with Crippen molar-refractivity contribution in [2.75, 3.05) is 19.6 Å². The van der Waals surface area contributed by atoms with Gasteiger partial charge in [0.2, 0.25) is 11.8 Å². The van der Waals surface area contributed by atoms with Gasteiger partial charge in [-0.1, -0.05) is 6.07 Å². The molecule has 116 valence electrons. The number of carbonyl (C=O) groups is 2. The minimum Gasteiger partial charge on any atom is -0.355 e. The summed E-state index contributed by atoms with van der Waals surface area (Å²) < 4.78 is 1.96. The van der Waals surface area contributed by atoms with E-state index in [0.717, 1.165) is 11.3 Å². The summed E-state index contributed by atoms with van der Waals surface area (Å²) in [6, 6.07) is 5.85. The fourth-order valence-corrected chi connectivity index (χ4v) is 2.82. The van der Waals surface area contributed by atoms with Crippen LogP contribution in [0.25, 0.3) is 5.65 Å². The van der Waals surface area contributed by atoms with Crippen LogP contribution in [-0.4, -0.2) is 45.7 Å². The smallest absolute Gasteiger partial charge is 0.225 e. The molecule has 1 aliphatic rings. The van der Waals surface area contributed by atoms with E-state index in [2.05, 4.69) is 10.3 Å². The van der Waals surface area contributed by atoms with Crippen LogP contribution >= 0.6 is 0 Å². The standard InChI is InChI=1S/C16H20N4O2/c1-2-19-10-12(9-15(19)21)16(22)17-7-6-13-11-20-8-4-3-5-14(20)18-13/h3-5,8,11-12H,2,6-7,9-10H2,1H3,(H,17,22)/t12-/m0/s1. The van der Waals surface area contributed by atoms with Crippen molar-refractivity contribution < 1.29 is 9.59 Å². The molecule has 2 aromatic rings. The van der Waals surface area contributed by atoms with Gasteiger partial charge in [-0.15, -0.1) is 0 Å². The first-order valence-electron chi connectivity index (χ1n) is 7.65. The van der Waals surface area contributed by atoms with Crippen molar-refractivity contribution in [2.45, 2.75) is 19.8 Å². The van der Waals surface area contributed by atoms with E-state index in [-0.39, 0.29) is 17.7 Å². The quantitative estimate of drug-likeness (QED) is 0.890. The van der Waals surface area contributed by atoms with E-state index in [1.807, 2.05) is 41.9 Å². The minimum atomic E-state index is -0.214. The van der Waals surface area contributed by atoms with E-state index >= 15 is 0 Å². The predicted octanol–water partition coefficient (Wildman–Crippen LogP) is 0.861. The van der Waals surface area contributed by atoms with Crippen molar-refractivity contribution in [3.63, 3.8) is 0 Å². The maximum Gasteiger partial charge on any atom is 0.225 e. The Morgan fingerprint density at radius 1 is 1.45 bits per heavy atom. The van der Waals surface area contributed by atoms with Crippen molar-refractivity contribution in [1.29, 1.82) is 0 Å². The van der Waals surface area contributed by atoms with Crippen molar-refractivity contribution in [2.24, 2.45) is 5.92 Å². The molecular weight excluding hydrogens is 280 g/mol. The van der Waals surface area contributed by atoms with E-state index in [1.165, 1.54) is 0 Å². The van der Waals surface area contributed by atoms with Gasteiger partial charge in [0.15, 0.2) is 0 Å². The second-order valence-corrected chi connectivity index (χ2v) is 5.57. The highest BCUT2D eigenvalue weighted by Crippen LogP contribution is 2.17. The first kappa shape index (κ1) is 14.6. The van der Waals surface area contributed by atoms with Crippen LogP contribution in [0.2, 0.25) is 0 Å². The third-order valence-corrected chi connectivity index (χ3v) is 4.06. The van der Waals surface area contributed by atoms with Crippen LogP contribution in [0, 0.1) is 5.92 Å². The maximum absolute atomic E-state index is 12.1. The van der Waals surface area contributed by atoms with Gasteiger partial charge in [-0.3, -0.25) is 9.59 Å². The van der Waals surface area contributed by atoms with Gasteiger partial charge >= 0.3 is 0 Å². The van der Waals surface area contributed by atoms with E-state index in [9.17, 15) is 9.59 Å². The molecule has 0 aromatic carbocycles. The lowest BCUT2D eigenvalue weighted by atomic mass is 10.1. The molecule has 0 aliphatic carbocycles. The topological polar surface area (TPSA) is 66.7 Å². The second kappa shape index (κ2) is 6.17. The van der Waals surface area contributed by atoms with Crippen LogP contribution in [0.15, 0.2) is 30.6 Å². The molecule has 3 rings (SSSR count). The first-order chi connectivity index (χ1) is 10.7. The summed E-state index contributed by atoms with van der Waals surface area (Å²) >= 11 is 0. The number of hydrogen-bond donors (Lipinski definition) is 1. The van der Waals surface area contributed by atoms with Gasteiger partial charge in [0.25, 0.3) is 0 Å². The highest BCUT2D eigenvalue weighted by molar-refractivity contribution is 5.89. The van der Waals surface area contributed by atoms with Crippen molar-refractivity contribution in [3.05, 3.63) is 36.3 Å². The highest BCUT2D eigenvalue weighted by atomic mass is 16.2. The minimum absolute atomic E-state index is 0.0342. The predicted molar refractivity (Wildman–Crippen MR) is 82.3 cm³/mol. The molecule has 1 N–H and O–H groups in total. The Balaban J connectivity index is 1.50. The Morgan fingerprint density at radius 2 is 2.32 bits per heavy atom. The lowest BCUT2D eigenvalue weighted by Gasteiger charge is -2.13. The Hall–Kier alpha value is -2.37. The van der Waals surface area contributed by atoms with Gasteiger partial charge in [-0.05, 0) is 19.1 Å². The van der Waals surface area contributed by atoms with Crippen LogP contribution in [0.1, 0.15) is 19.0 Å². The SMILES string of the molecule is CCN1C[C@@H](C(=O)NCCc2cn3ccccc3n2)CC1=O. The summed E-state index contributed by atoms with van der Waals surface area (Å²) in [5.41, 5.74) is 1.85. The summed E-state index contributed by atoms with van der Waals surface area (Å²) in [4.78, 5) is 30.0. The van der Waals surface area contributed by atoms with Crippen LogP contribution in [-0.2, 0) is 16.0 Å². The molecule has 0 unspecified atom stereocenters. The van der Waals surface area contributed by atoms with Gasteiger partial charge in [0, 0.05) is 44.9 Å². The maximum atomic E-state index is 12.1. The lowest BCUT2D eigenvalue weighted by Crippen LogP contribution is -2.34. The average molecular weight is 300 g/mol. The van der Waals surface area contributed by atoms with Crippen LogP contribution in [0.5, 0.6) is 0 Å². The number of imidazole rings is 1. The van der Waals surface area contributed by atoms with E-state index in [1.54, 1.807) is 4.90 Å². The normalized spacial score (nSPS) is 18.1. The zero-order valence-corrected chi connectivity index (χ0v) is 12.7. The Labute approximate surface area is 129 Å². The molecule has 1 saturated heterocycles. The van der Waals surface area contributed by atoms with Gasteiger partial charge < -0.3 is 14.6 Å². The second-order valence-electron chi connectivity index (χ2n) is 5.57.